The molecule has 14 heavy (non-hydrogen) atoms. The van der Waals surface area contributed by atoms with Gasteiger partial charge in [-0.3, -0.25) is 4.79 Å². The van der Waals surface area contributed by atoms with E-state index in [2.05, 4.69) is 9.97 Å². The Hall–Kier alpha value is -0.810. The van der Waals surface area contributed by atoms with Gasteiger partial charge in [-0.15, -0.1) is 0 Å². The second-order valence-electron chi connectivity index (χ2n) is 3.28. The van der Waals surface area contributed by atoms with Crippen LogP contribution in [0.4, 0.5) is 0 Å². The molecule has 2 heterocycles. The number of rotatable bonds is 2. The molecule has 0 saturated carbocycles. The summed E-state index contributed by atoms with van der Waals surface area (Å²) in [4.78, 5) is 18.8. The molecule has 0 aromatic carbocycles. The highest BCUT2D eigenvalue weighted by atomic mass is 32.2. The van der Waals surface area contributed by atoms with Crippen molar-refractivity contribution in [2.45, 2.75) is 18.6 Å². The van der Waals surface area contributed by atoms with E-state index in [1.54, 1.807) is 0 Å². The lowest BCUT2D eigenvalue weighted by atomic mass is 10.2. The maximum atomic E-state index is 11.6. The van der Waals surface area contributed by atoms with E-state index in [1.807, 2.05) is 11.8 Å². The van der Waals surface area contributed by atoms with Gasteiger partial charge in [0.15, 0.2) is 0 Å². The first-order valence-corrected chi connectivity index (χ1v) is 5.85. The van der Waals surface area contributed by atoms with Gasteiger partial charge >= 0.3 is 0 Å². The molecule has 4 nitrogen and oxygen atoms in total. The van der Waals surface area contributed by atoms with Gasteiger partial charge in [-0.2, -0.15) is 11.8 Å². The minimum absolute atomic E-state index is 0.0266. The SMILES string of the molecule is NCCc1nc2c(c(=O)[nH]1)CCSC2. The Bertz CT molecular complexity index is 388. The van der Waals surface area contributed by atoms with Gasteiger partial charge in [0.05, 0.1) is 5.69 Å². The molecule has 0 aliphatic carbocycles. The number of aromatic nitrogens is 2. The van der Waals surface area contributed by atoms with E-state index in [1.165, 1.54) is 0 Å². The van der Waals surface area contributed by atoms with E-state index >= 15 is 0 Å². The first kappa shape index (κ1) is 9.73. The van der Waals surface area contributed by atoms with Crippen LogP contribution < -0.4 is 11.3 Å². The molecule has 0 bridgehead atoms. The van der Waals surface area contributed by atoms with Crippen LogP contribution in [-0.4, -0.2) is 22.3 Å². The van der Waals surface area contributed by atoms with Crippen molar-refractivity contribution < 1.29 is 0 Å². The van der Waals surface area contributed by atoms with E-state index in [4.69, 9.17) is 5.73 Å². The highest BCUT2D eigenvalue weighted by molar-refractivity contribution is 7.98. The Morgan fingerprint density at radius 3 is 3.21 bits per heavy atom. The second kappa shape index (κ2) is 4.14. The van der Waals surface area contributed by atoms with Crippen LogP contribution in [0.2, 0.25) is 0 Å². The van der Waals surface area contributed by atoms with Crippen molar-refractivity contribution >= 4 is 11.8 Å². The summed E-state index contributed by atoms with van der Waals surface area (Å²) in [7, 11) is 0. The first-order valence-electron chi connectivity index (χ1n) is 4.70. The fourth-order valence-corrected chi connectivity index (χ4v) is 2.50. The molecule has 0 unspecified atom stereocenters. The monoisotopic (exact) mass is 211 g/mol. The average molecular weight is 211 g/mol. The van der Waals surface area contributed by atoms with Crippen LogP contribution >= 0.6 is 11.8 Å². The molecule has 0 saturated heterocycles. The third kappa shape index (κ3) is 1.83. The van der Waals surface area contributed by atoms with Gasteiger partial charge in [0.2, 0.25) is 0 Å². The van der Waals surface area contributed by atoms with Gasteiger partial charge in [0, 0.05) is 17.7 Å². The maximum absolute atomic E-state index is 11.6. The molecule has 1 aliphatic rings. The van der Waals surface area contributed by atoms with Crippen molar-refractivity contribution in [2.75, 3.05) is 12.3 Å². The first-order chi connectivity index (χ1) is 6.81. The lowest BCUT2D eigenvalue weighted by Crippen LogP contribution is -2.24. The number of nitrogens with one attached hydrogen (secondary N) is 1. The topological polar surface area (TPSA) is 71.8 Å². The van der Waals surface area contributed by atoms with Crippen LogP contribution in [-0.2, 0) is 18.6 Å². The smallest absolute Gasteiger partial charge is 0.254 e. The Kier molecular flexibility index (Phi) is 2.88. The third-order valence-electron chi connectivity index (χ3n) is 2.27. The van der Waals surface area contributed by atoms with Gasteiger partial charge < -0.3 is 10.7 Å². The van der Waals surface area contributed by atoms with E-state index in [9.17, 15) is 4.79 Å². The van der Waals surface area contributed by atoms with Crippen molar-refractivity contribution in [2.24, 2.45) is 5.73 Å². The Labute approximate surface area is 86.3 Å². The Balaban J connectivity index is 2.41. The molecule has 1 aromatic heterocycles. The highest BCUT2D eigenvalue weighted by Gasteiger charge is 2.15. The molecular weight excluding hydrogens is 198 g/mol. The molecule has 0 spiro atoms. The quantitative estimate of drug-likeness (QED) is 0.725. The lowest BCUT2D eigenvalue weighted by Gasteiger charge is -2.13. The molecule has 76 valence electrons. The Morgan fingerprint density at radius 1 is 1.57 bits per heavy atom. The van der Waals surface area contributed by atoms with Crippen LogP contribution in [0.25, 0.3) is 0 Å². The predicted octanol–water partition coefficient (Wildman–Crippen LogP) is 0.0604. The van der Waals surface area contributed by atoms with Gasteiger partial charge in [-0.05, 0) is 18.7 Å². The highest BCUT2D eigenvalue weighted by Crippen LogP contribution is 2.19. The molecule has 0 fully saturated rings. The van der Waals surface area contributed by atoms with Gasteiger partial charge in [0.1, 0.15) is 5.82 Å². The number of fused-ring (bicyclic) bond motifs is 1. The number of hydrogen-bond donors (Lipinski definition) is 2. The molecule has 0 atom stereocenters. The third-order valence-corrected chi connectivity index (χ3v) is 3.24. The second-order valence-corrected chi connectivity index (χ2v) is 4.38. The summed E-state index contributed by atoms with van der Waals surface area (Å²) in [5.41, 5.74) is 7.26. The maximum Gasteiger partial charge on any atom is 0.254 e. The average Bonchev–Trinajstić information content (AvgIpc) is 2.18. The van der Waals surface area contributed by atoms with Crippen LogP contribution in [0.15, 0.2) is 4.79 Å². The summed E-state index contributed by atoms with van der Waals surface area (Å²) >= 11 is 1.83. The number of H-pyrrole nitrogens is 1. The molecule has 3 N–H and O–H groups in total. The molecule has 5 heteroatoms. The van der Waals surface area contributed by atoms with Crippen molar-refractivity contribution in [1.82, 2.24) is 9.97 Å². The number of hydrogen-bond acceptors (Lipinski definition) is 4. The van der Waals surface area contributed by atoms with Crippen molar-refractivity contribution in [3.63, 3.8) is 0 Å². The largest absolute Gasteiger partial charge is 0.330 e. The number of nitrogens with zero attached hydrogens (tertiary/aromatic N) is 1. The zero-order valence-electron chi connectivity index (χ0n) is 7.88. The minimum atomic E-state index is 0.0266. The van der Waals surface area contributed by atoms with E-state index in [0.717, 1.165) is 35.0 Å². The number of thioether (sulfide) groups is 1. The van der Waals surface area contributed by atoms with Crippen LogP contribution in [0, 0.1) is 0 Å². The van der Waals surface area contributed by atoms with Crippen molar-refractivity contribution in [1.29, 1.82) is 0 Å². The van der Waals surface area contributed by atoms with Gasteiger partial charge in [-0.1, -0.05) is 0 Å². The van der Waals surface area contributed by atoms with Crippen molar-refractivity contribution in [3.8, 4) is 0 Å². The fraction of sp³-hybridized carbons (Fsp3) is 0.556. The summed E-state index contributed by atoms with van der Waals surface area (Å²) in [5, 5.41) is 0. The summed E-state index contributed by atoms with van der Waals surface area (Å²) in [6.45, 7) is 0.523. The van der Waals surface area contributed by atoms with Crippen LogP contribution in [0.1, 0.15) is 17.1 Å². The Morgan fingerprint density at radius 2 is 2.43 bits per heavy atom. The van der Waals surface area contributed by atoms with E-state index in [-0.39, 0.29) is 5.56 Å². The van der Waals surface area contributed by atoms with Crippen LogP contribution in [0.3, 0.4) is 0 Å². The summed E-state index contributed by atoms with van der Waals surface area (Å²) in [6, 6.07) is 0. The molecule has 0 radical (unpaired) electrons. The van der Waals surface area contributed by atoms with E-state index in [0.29, 0.717) is 13.0 Å². The van der Waals surface area contributed by atoms with Gasteiger partial charge in [0.25, 0.3) is 5.56 Å². The normalized spacial score (nSPS) is 15.2. The lowest BCUT2D eigenvalue weighted by molar-refractivity contribution is 0.817. The number of nitrogens with two attached hydrogens (primary N) is 1. The standard InChI is InChI=1S/C9H13N3OS/c10-3-1-8-11-7-5-14-4-2-6(7)9(13)12-8/h1-5,10H2,(H,11,12,13). The predicted molar refractivity (Wildman–Crippen MR) is 57.5 cm³/mol. The molecule has 2 rings (SSSR count). The molecule has 1 aliphatic heterocycles. The van der Waals surface area contributed by atoms with E-state index < -0.39 is 0 Å². The molecule has 0 amide bonds. The summed E-state index contributed by atoms with van der Waals surface area (Å²) in [5.74, 6) is 2.60. The number of aromatic amines is 1. The van der Waals surface area contributed by atoms with Crippen LogP contribution in [0.5, 0.6) is 0 Å². The molecule has 1 aromatic rings. The zero-order chi connectivity index (χ0) is 9.97. The minimum Gasteiger partial charge on any atom is -0.330 e. The van der Waals surface area contributed by atoms with Crippen molar-refractivity contribution in [3.05, 3.63) is 27.4 Å². The fourth-order valence-electron chi connectivity index (χ4n) is 1.57. The van der Waals surface area contributed by atoms with Gasteiger partial charge in [-0.25, -0.2) is 4.98 Å². The molecular formula is C9H13N3OS. The summed E-state index contributed by atoms with van der Waals surface area (Å²) in [6.07, 6.45) is 1.48. The summed E-state index contributed by atoms with van der Waals surface area (Å²) < 4.78 is 0. The zero-order valence-corrected chi connectivity index (χ0v) is 8.69.